The molecule has 0 N–H and O–H groups in total. The zero-order chi connectivity index (χ0) is 57.6. The molecule has 0 aliphatic carbocycles. The van der Waals surface area contributed by atoms with Crippen LogP contribution in [0.5, 0.6) is 0 Å². The summed E-state index contributed by atoms with van der Waals surface area (Å²) < 4.78 is 20.0. The summed E-state index contributed by atoms with van der Waals surface area (Å²) in [5.74, 6) is 0. The Bertz CT molecular complexity index is 5870. The van der Waals surface area contributed by atoms with Gasteiger partial charge in [-0.1, -0.05) is 126 Å². The number of hydrogen-bond donors (Lipinski definition) is 0. The van der Waals surface area contributed by atoms with E-state index in [0.717, 1.165) is 78.5 Å². The molecule has 0 saturated heterocycles. The average molecular weight is 1110 g/mol. The summed E-state index contributed by atoms with van der Waals surface area (Å²) in [4.78, 5) is 0. The SMILES string of the molecule is Cc1ccc2oc3ccc(-c4ccc5c(c4)c4cc(Cc6ccc(-n7c8ccc(C)cc8c8cc(-c9ccc%10oc%11ccc(-c%12ccc%13c(c%12)c%12cc(C)ccc%12n%13-c%12ccccc%12)cc%11c%10c9)ccc87)cc6)ccc4n5-c4ccccc4)cc3c2c1. The molecule has 0 atom stereocenters. The van der Waals surface area contributed by atoms with Gasteiger partial charge in [0, 0.05) is 70.9 Å². The highest BCUT2D eigenvalue weighted by Crippen LogP contribution is 2.43. The molecule has 18 aromatic rings. The van der Waals surface area contributed by atoms with Gasteiger partial charge in [0.15, 0.2) is 0 Å². The van der Waals surface area contributed by atoms with Crippen LogP contribution in [-0.2, 0) is 6.42 Å². The highest BCUT2D eigenvalue weighted by Gasteiger charge is 2.20. The van der Waals surface area contributed by atoms with Crippen molar-refractivity contribution in [1.82, 2.24) is 13.7 Å². The first-order valence-electron chi connectivity index (χ1n) is 30.1. The van der Waals surface area contributed by atoms with E-state index in [4.69, 9.17) is 8.83 Å². The fourth-order valence-electron chi connectivity index (χ4n) is 14.2. The number of rotatable bonds is 8. The van der Waals surface area contributed by atoms with Gasteiger partial charge in [0.25, 0.3) is 0 Å². The maximum absolute atomic E-state index is 6.54. The Balaban J connectivity index is 0.678. The first-order valence-corrected chi connectivity index (χ1v) is 30.1. The predicted molar refractivity (Wildman–Crippen MR) is 364 cm³/mol. The molecule has 13 aromatic carbocycles. The van der Waals surface area contributed by atoms with Gasteiger partial charge in [-0.3, -0.25) is 0 Å². The van der Waals surface area contributed by atoms with E-state index in [2.05, 4.69) is 301 Å². The molecular weight excluding hydrogens is 1060 g/mol. The summed E-state index contributed by atoms with van der Waals surface area (Å²) >= 11 is 0. The molecular formula is C82H55N3O2. The number of aromatic nitrogens is 3. The number of furan rings is 2. The van der Waals surface area contributed by atoms with E-state index in [1.807, 2.05) is 0 Å². The van der Waals surface area contributed by atoms with Crippen LogP contribution in [0.3, 0.4) is 0 Å². The third-order valence-electron chi connectivity index (χ3n) is 18.4. The monoisotopic (exact) mass is 1110 g/mol. The lowest BCUT2D eigenvalue weighted by Crippen LogP contribution is -1.96. The van der Waals surface area contributed by atoms with E-state index in [-0.39, 0.29) is 0 Å². The van der Waals surface area contributed by atoms with Gasteiger partial charge in [-0.05, 0) is 229 Å². The summed E-state index contributed by atoms with van der Waals surface area (Å²) in [5, 5.41) is 12.0. The van der Waals surface area contributed by atoms with Gasteiger partial charge < -0.3 is 22.5 Å². The molecule has 410 valence electrons. The van der Waals surface area contributed by atoms with E-state index in [1.165, 1.54) is 115 Å². The standard InChI is InChI=1S/C82H55N3O2/c1-49-14-28-73-63(38-49)66-43-54(20-31-76(66)83(73)60-10-6-4-7-11-60)58-24-36-81-71(47-58)72-48-59(25-37-82(72)87-81)55-21-32-77-67(44-55)64-39-50(2)15-29-74(64)85(77)62-26-17-52(18-27-62)41-53-19-30-75-65(42-53)68-45-56(22-33-78(68)84(75)61-12-8-5-9-13-61)57-23-35-80-70(46-57)69-40-51(3)16-34-79(69)86-80/h4-40,42-48H,41H2,1-3H3. The summed E-state index contributed by atoms with van der Waals surface area (Å²) in [5.41, 5.74) is 27.5. The van der Waals surface area contributed by atoms with Crippen molar-refractivity contribution in [2.45, 2.75) is 27.2 Å². The largest absolute Gasteiger partial charge is 0.456 e. The lowest BCUT2D eigenvalue weighted by atomic mass is 9.98. The molecule has 18 rings (SSSR count). The Morgan fingerprint density at radius 2 is 0.506 bits per heavy atom. The molecule has 5 aromatic heterocycles. The van der Waals surface area contributed by atoms with Crippen molar-refractivity contribution in [3.8, 4) is 50.4 Å². The first kappa shape index (κ1) is 49.3. The van der Waals surface area contributed by atoms with Crippen LogP contribution in [0.4, 0.5) is 0 Å². The minimum absolute atomic E-state index is 0.807. The molecule has 0 spiro atoms. The normalized spacial score (nSPS) is 12.1. The maximum atomic E-state index is 6.54. The van der Waals surface area contributed by atoms with Gasteiger partial charge in [-0.15, -0.1) is 0 Å². The second-order valence-electron chi connectivity index (χ2n) is 23.9. The Kier molecular flexibility index (Phi) is 10.7. The third kappa shape index (κ3) is 7.86. The van der Waals surface area contributed by atoms with E-state index >= 15 is 0 Å². The van der Waals surface area contributed by atoms with Crippen LogP contribution >= 0.6 is 0 Å². The van der Waals surface area contributed by atoms with Crippen molar-refractivity contribution in [3.63, 3.8) is 0 Å². The molecule has 0 amide bonds. The van der Waals surface area contributed by atoms with E-state index < -0.39 is 0 Å². The van der Waals surface area contributed by atoms with Gasteiger partial charge in [-0.2, -0.15) is 0 Å². The highest BCUT2D eigenvalue weighted by molar-refractivity contribution is 6.15. The zero-order valence-electron chi connectivity index (χ0n) is 48.3. The number of benzene rings is 13. The van der Waals surface area contributed by atoms with Gasteiger partial charge >= 0.3 is 0 Å². The van der Waals surface area contributed by atoms with Crippen LogP contribution < -0.4 is 0 Å². The predicted octanol–water partition coefficient (Wildman–Crippen LogP) is 22.3. The highest BCUT2D eigenvalue weighted by atomic mass is 16.3. The van der Waals surface area contributed by atoms with Crippen LogP contribution in [0.2, 0.25) is 0 Å². The number of nitrogens with zero attached hydrogens (tertiary/aromatic N) is 3. The molecule has 5 heterocycles. The van der Waals surface area contributed by atoms with Gasteiger partial charge in [-0.25, -0.2) is 0 Å². The summed E-state index contributed by atoms with van der Waals surface area (Å²) in [6, 6.07) is 98.4. The quantitative estimate of drug-likeness (QED) is 0.152. The molecule has 0 saturated carbocycles. The molecule has 0 aliphatic rings. The topological polar surface area (TPSA) is 41.1 Å². The molecule has 0 unspecified atom stereocenters. The van der Waals surface area contributed by atoms with Crippen molar-refractivity contribution in [3.05, 3.63) is 295 Å². The van der Waals surface area contributed by atoms with Gasteiger partial charge in [0.2, 0.25) is 0 Å². The smallest absolute Gasteiger partial charge is 0.135 e. The molecule has 5 nitrogen and oxygen atoms in total. The fraction of sp³-hybridized carbons (Fsp3) is 0.0488. The minimum Gasteiger partial charge on any atom is -0.456 e. The van der Waals surface area contributed by atoms with Crippen molar-refractivity contribution in [2.24, 2.45) is 0 Å². The minimum atomic E-state index is 0.807. The molecule has 0 radical (unpaired) electrons. The third-order valence-corrected chi connectivity index (χ3v) is 18.4. The summed E-state index contributed by atoms with van der Waals surface area (Å²) in [6.07, 6.45) is 0.807. The zero-order valence-corrected chi connectivity index (χ0v) is 48.3. The molecule has 0 aliphatic heterocycles. The van der Waals surface area contributed by atoms with E-state index in [9.17, 15) is 0 Å². The number of fused-ring (bicyclic) bond motifs is 15. The first-order chi connectivity index (χ1) is 42.8. The Hall–Kier alpha value is -11.1. The van der Waals surface area contributed by atoms with Crippen LogP contribution in [0, 0.1) is 20.8 Å². The lowest BCUT2D eigenvalue weighted by Gasteiger charge is -2.10. The number of para-hydroxylation sites is 2. The van der Waals surface area contributed by atoms with Crippen molar-refractivity contribution < 1.29 is 8.83 Å². The molecule has 0 fully saturated rings. The summed E-state index contributed by atoms with van der Waals surface area (Å²) in [6.45, 7) is 6.50. The average Bonchev–Trinajstić information content (AvgIpc) is 1.75. The van der Waals surface area contributed by atoms with Crippen LogP contribution in [0.15, 0.2) is 276 Å². The van der Waals surface area contributed by atoms with Crippen molar-refractivity contribution >= 4 is 109 Å². The van der Waals surface area contributed by atoms with Gasteiger partial charge in [0.05, 0.1) is 33.1 Å². The van der Waals surface area contributed by atoms with Crippen LogP contribution in [-0.4, -0.2) is 13.7 Å². The molecule has 87 heavy (non-hydrogen) atoms. The number of aryl methyl sites for hydroxylation is 3. The number of hydrogen-bond acceptors (Lipinski definition) is 2. The fourth-order valence-corrected chi connectivity index (χ4v) is 14.2. The van der Waals surface area contributed by atoms with Gasteiger partial charge in [0.1, 0.15) is 22.3 Å². The Morgan fingerprint density at radius 1 is 0.230 bits per heavy atom. The second-order valence-corrected chi connectivity index (χ2v) is 23.9. The van der Waals surface area contributed by atoms with E-state index in [1.54, 1.807) is 0 Å². The van der Waals surface area contributed by atoms with Crippen LogP contribution in [0.25, 0.3) is 160 Å². The van der Waals surface area contributed by atoms with Crippen molar-refractivity contribution in [2.75, 3.05) is 0 Å². The Morgan fingerprint density at radius 3 is 0.920 bits per heavy atom. The second kappa shape index (κ2) is 18.9. The molecule has 0 bridgehead atoms. The Labute approximate surface area is 501 Å². The maximum Gasteiger partial charge on any atom is 0.135 e. The molecule has 5 heteroatoms. The van der Waals surface area contributed by atoms with Crippen molar-refractivity contribution in [1.29, 1.82) is 0 Å². The van der Waals surface area contributed by atoms with Crippen LogP contribution in [0.1, 0.15) is 27.8 Å². The lowest BCUT2D eigenvalue weighted by molar-refractivity contribution is 0.668. The summed E-state index contributed by atoms with van der Waals surface area (Å²) in [7, 11) is 0. The van der Waals surface area contributed by atoms with E-state index in [0.29, 0.717) is 0 Å².